The van der Waals surface area contributed by atoms with Gasteiger partial charge in [0.2, 0.25) is 5.91 Å². The molecule has 3 fully saturated rings. The number of aromatic amines is 1. The minimum Gasteiger partial charge on any atom is -0.381 e. The van der Waals surface area contributed by atoms with E-state index in [2.05, 4.69) is 25.5 Å². The number of hydrogen-bond donors (Lipinski definition) is 3. The third-order valence-corrected chi connectivity index (χ3v) is 6.29. The number of nitrogens with one attached hydrogen (secondary N) is 3. The van der Waals surface area contributed by atoms with Gasteiger partial charge >= 0.3 is 0 Å². The molecule has 0 aromatic carbocycles. The third-order valence-electron chi connectivity index (χ3n) is 6.29. The van der Waals surface area contributed by atoms with Gasteiger partial charge in [0.15, 0.2) is 0 Å². The van der Waals surface area contributed by atoms with Crippen molar-refractivity contribution in [1.29, 1.82) is 0 Å². The molecule has 0 bridgehead atoms. The molecule has 0 aliphatic carbocycles. The van der Waals surface area contributed by atoms with Gasteiger partial charge < -0.3 is 20.4 Å². The lowest BCUT2D eigenvalue weighted by Crippen LogP contribution is -2.58. The van der Waals surface area contributed by atoms with E-state index >= 15 is 0 Å². The van der Waals surface area contributed by atoms with Gasteiger partial charge in [-0.3, -0.25) is 14.5 Å². The number of hydrogen-bond acceptors (Lipinski definition) is 5. The molecule has 0 unspecified atom stereocenters. The normalized spacial score (nSPS) is 29.3. The number of rotatable bonds is 5. The zero-order valence-corrected chi connectivity index (χ0v) is 15.7. The third kappa shape index (κ3) is 3.87. The first-order valence-corrected chi connectivity index (χ1v) is 10.1. The molecule has 3 saturated heterocycles. The highest BCUT2D eigenvalue weighted by Gasteiger charge is 2.52. The lowest BCUT2D eigenvalue weighted by molar-refractivity contribution is -0.134. The number of carbonyl (C=O) groups is 2. The number of fused-ring (bicyclic) bond motifs is 1. The molecule has 0 spiro atoms. The summed E-state index contributed by atoms with van der Waals surface area (Å²) in [5.74, 6) is 0.482. The van der Waals surface area contributed by atoms with E-state index < -0.39 is 5.54 Å². The van der Waals surface area contributed by atoms with Crippen LogP contribution in [-0.2, 0) is 9.53 Å². The highest BCUT2D eigenvalue weighted by Crippen LogP contribution is 2.38. The molecule has 0 saturated carbocycles. The molecule has 4 heterocycles. The van der Waals surface area contributed by atoms with Crippen LogP contribution in [0.1, 0.15) is 49.0 Å². The summed E-state index contributed by atoms with van der Waals surface area (Å²) in [5.41, 5.74) is -0.0205. The van der Waals surface area contributed by atoms with Crippen molar-refractivity contribution >= 4 is 11.8 Å². The molecule has 8 heteroatoms. The van der Waals surface area contributed by atoms with Crippen molar-refractivity contribution in [2.45, 2.75) is 50.1 Å². The Morgan fingerprint density at radius 2 is 2.19 bits per heavy atom. The van der Waals surface area contributed by atoms with Crippen molar-refractivity contribution in [2.24, 2.45) is 5.92 Å². The minimum absolute atomic E-state index is 0.0206. The molecule has 4 rings (SSSR count). The zero-order chi connectivity index (χ0) is 18.7. The fourth-order valence-corrected chi connectivity index (χ4v) is 4.77. The smallest absolute Gasteiger partial charge is 0.269 e. The van der Waals surface area contributed by atoms with E-state index in [1.807, 2.05) is 0 Å². The van der Waals surface area contributed by atoms with E-state index in [1.165, 1.54) is 12.5 Å². The maximum absolute atomic E-state index is 13.2. The summed E-state index contributed by atoms with van der Waals surface area (Å²) >= 11 is 0. The number of aromatic nitrogens is 2. The van der Waals surface area contributed by atoms with E-state index in [4.69, 9.17) is 4.74 Å². The van der Waals surface area contributed by atoms with Gasteiger partial charge in [-0.1, -0.05) is 0 Å². The largest absolute Gasteiger partial charge is 0.381 e. The van der Waals surface area contributed by atoms with Crippen LogP contribution in [0.5, 0.6) is 0 Å². The summed E-state index contributed by atoms with van der Waals surface area (Å²) in [4.78, 5) is 34.6. The first-order chi connectivity index (χ1) is 13.2. The Balaban J connectivity index is 1.39. The monoisotopic (exact) mass is 375 g/mol. The number of piperidine rings is 1. The molecule has 3 aliphatic heterocycles. The average molecular weight is 375 g/mol. The second kappa shape index (κ2) is 7.98. The van der Waals surface area contributed by atoms with Gasteiger partial charge in [0.25, 0.3) is 5.91 Å². The van der Waals surface area contributed by atoms with Crippen molar-refractivity contribution in [3.05, 3.63) is 18.2 Å². The number of H-pyrrole nitrogens is 1. The molecule has 148 valence electrons. The van der Waals surface area contributed by atoms with Crippen LogP contribution >= 0.6 is 0 Å². The van der Waals surface area contributed by atoms with Crippen LogP contribution in [0.2, 0.25) is 0 Å². The number of carbonyl (C=O) groups excluding carboxylic acids is 2. The van der Waals surface area contributed by atoms with Gasteiger partial charge in [0.1, 0.15) is 11.2 Å². The molecule has 0 radical (unpaired) electrons. The van der Waals surface area contributed by atoms with Crippen LogP contribution in [0.25, 0.3) is 0 Å². The zero-order valence-electron chi connectivity index (χ0n) is 15.7. The molecule has 1 aromatic heterocycles. The van der Waals surface area contributed by atoms with Gasteiger partial charge in [0, 0.05) is 32.3 Å². The van der Waals surface area contributed by atoms with Crippen molar-refractivity contribution < 1.29 is 14.3 Å². The fourth-order valence-electron chi connectivity index (χ4n) is 4.77. The predicted molar refractivity (Wildman–Crippen MR) is 99.2 cm³/mol. The van der Waals surface area contributed by atoms with Crippen LogP contribution in [0.3, 0.4) is 0 Å². The van der Waals surface area contributed by atoms with E-state index in [-0.39, 0.29) is 17.9 Å². The SMILES string of the molecule is O=C(N[C@@H]1CN2CCCC[C@@]2(C(=O)NCC2CCOCC2)C1)c1cnc[nH]1. The van der Waals surface area contributed by atoms with Gasteiger partial charge in [0.05, 0.1) is 12.5 Å². The second-order valence-corrected chi connectivity index (χ2v) is 8.04. The summed E-state index contributed by atoms with van der Waals surface area (Å²) in [6, 6.07) is -0.0206. The number of nitrogens with zero attached hydrogens (tertiary/aromatic N) is 2. The number of ether oxygens (including phenoxy) is 1. The van der Waals surface area contributed by atoms with Crippen LogP contribution in [0, 0.1) is 5.92 Å². The Hall–Kier alpha value is -1.93. The van der Waals surface area contributed by atoms with Gasteiger partial charge in [-0.05, 0) is 51.0 Å². The van der Waals surface area contributed by atoms with Crippen LogP contribution in [0.15, 0.2) is 12.5 Å². The average Bonchev–Trinajstić information content (AvgIpc) is 3.35. The quantitative estimate of drug-likeness (QED) is 0.703. The fraction of sp³-hybridized carbons (Fsp3) is 0.737. The lowest BCUT2D eigenvalue weighted by atomic mass is 9.84. The Bertz CT molecular complexity index is 658. The Labute approximate surface area is 159 Å². The van der Waals surface area contributed by atoms with Gasteiger partial charge in [-0.25, -0.2) is 4.98 Å². The molecule has 2 amide bonds. The summed E-state index contributed by atoms with van der Waals surface area (Å²) in [6.45, 7) is 3.95. The van der Waals surface area contributed by atoms with E-state index in [0.29, 0.717) is 18.0 Å². The Morgan fingerprint density at radius 1 is 1.33 bits per heavy atom. The lowest BCUT2D eigenvalue weighted by Gasteiger charge is -2.41. The predicted octanol–water partition coefficient (Wildman–Crippen LogP) is 0.679. The van der Waals surface area contributed by atoms with Crippen molar-refractivity contribution in [3.8, 4) is 0 Å². The molecule has 1 aromatic rings. The second-order valence-electron chi connectivity index (χ2n) is 8.04. The molecule has 8 nitrogen and oxygen atoms in total. The van der Waals surface area contributed by atoms with Crippen LogP contribution < -0.4 is 10.6 Å². The van der Waals surface area contributed by atoms with Crippen LogP contribution in [0.4, 0.5) is 0 Å². The van der Waals surface area contributed by atoms with Crippen LogP contribution in [-0.4, -0.2) is 71.1 Å². The van der Waals surface area contributed by atoms with Gasteiger partial charge in [-0.2, -0.15) is 0 Å². The van der Waals surface area contributed by atoms with Crippen molar-refractivity contribution in [3.63, 3.8) is 0 Å². The molecule has 3 N–H and O–H groups in total. The highest BCUT2D eigenvalue weighted by molar-refractivity contribution is 5.92. The van der Waals surface area contributed by atoms with Crippen molar-refractivity contribution in [1.82, 2.24) is 25.5 Å². The first kappa shape index (κ1) is 18.4. The first-order valence-electron chi connectivity index (χ1n) is 10.1. The summed E-state index contributed by atoms with van der Waals surface area (Å²) < 4.78 is 5.40. The summed E-state index contributed by atoms with van der Waals surface area (Å²) in [6.07, 6.45) is 8.75. The summed E-state index contributed by atoms with van der Waals surface area (Å²) in [5, 5.41) is 6.30. The minimum atomic E-state index is -0.477. The Kier molecular flexibility index (Phi) is 5.45. The molecule has 3 aliphatic rings. The van der Waals surface area contributed by atoms with Crippen molar-refractivity contribution in [2.75, 3.05) is 32.8 Å². The number of imidazole rings is 1. The molecular formula is C19H29N5O3. The Morgan fingerprint density at radius 3 is 2.96 bits per heavy atom. The molecule has 27 heavy (non-hydrogen) atoms. The van der Waals surface area contributed by atoms with E-state index in [9.17, 15) is 9.59 Å². The highest BCUT2D eigenvalue weighted by atomic mass is 16.5. The summed E-state index contributed by atoms with van der Waals surface area (Å²) in [7, 11) is 0. The maximum atomic E-state index is 13.2. The van der Waals surface area contributed by atoms with E-state index in [0.717, 1.165) is 65.0 Å². The molecule has 2 atom stereocenters. The molecular weight excluding hydrogens is 346 g/mol. The maximum Gasteiger partial charge on any atom is 0.269 e. The topological polar surface area (TPSA) is 99.3 Å². The van der Waals surface area contributed by atoms with E-state index in [1.54, 1.807) is 0 Å². The standard InChI is InChI=1S/C19H29N5O3/c25-17(16-11-20-13-22-16)23-15-9-19(5-1-2-6-24(19)12-15)18(26)21-10-14-3-7-27-8-4-14/h11,13-15H,1-10,12H2,(H,20,22)(H,21,26)(H,23,25)/t15-,19-/m0/s1. The number of amides is 2. The van der Waals surface area contributed by atoms with Gasteiger partial charge in [-0.15, -0.1) is 0 Å².